The Hall–Kier alpha value is -2.73. The van der Waals surface area contributed by atoms with E-state index in [0.717, 1.165) is 17.5 Å². The second-order valence-electron chi connectivity index (χ2n) is 8.42. The first-order valence-corrected chi connectivity index (χ1v) is 9.55. The Balaban J connectivity index is 0.000000166. The van der Waals surface area contributed by atoms with Crippen molar-refractivity contribution in [3.8, 4) is 11.5 Å². The van der Waals surface area contributed by atoms with Crippen LogP contribution < -0.4 is 9.47 Å². The number of carboxylic acid groups (broad SMARTS) is 2. The summed E-state index contributed by atoms with van der Waals surface area (Å²) in [5, 5.41) is 18.4. The fraction of sp³-hybridized carbons (Fsp3) is 0.364. The van der Waals surface area contributed by atoms with Crippen LogP contribution in [0.4, 0.5) is 0 Å². The standard InChI is InChI=1S/C11H11ClO3.C11H12O3/c1-11(2)5-6-3-7(12)4-8(10(13)14)9(6)15-11;1-11(2)6-7-4-3-5-8(10(12)13)9(7)14-11/h3-4H,5H2,1-2H3,(H,13,14);3-5H,6H2,1-2H3,(H,12,13). The molecule has 0 fully saturated rings. The van der Waals surface area contributed by atoms with E-state index >= 15 is 0 Å². The largest absolute Gasteiger partial charge is 0.486 e. The molecular formula is C22H23ClO6. The molecule has 6 nitrogen and oxygen atoms in total. The van der Waals surface area contributed by atoms with Crippen LogP contribution in [-0.2, 0) is 12.8 Å². The number of rotatable bonds is 2. The number of carboxylic acids is 2. The van der Waals surface area contributed by atoms with E-state index in [1.54, 1.807) is 18.2 Å². The summed E-state index contributed by atoms with van der Waals surface area (Å²) in [6.07, 6.45) is 1.45. The third-order valence-corrected chi connectivity index (χ3v) is 4.90. The zero-order valence-electron chi connectivity index (χ0n) is 16.7. The lowest BCUT2D eigenvalue weighted by Crippen LogP contribution is -2.25. The summed E-state index contributed by atoms with van der Waals surface area (Å²) in [4.78, 5) is 21.9. The second-order valence-corrected chi connectivity index (χ2v) is 8.86. The topological polar surface area (TPSA) is 93.1 Å². The fourth-order valence-electron chi connectivity index (χ4n) is 3.62. The first-order valence-electron chi connectivity index (χ1n) is 9.17. The normalized spacial score (nSPS) is 17.1. The van der Waals surface area contributed by atoms with Crippen LogP contribution in [0.15, 0.2) is 30.3 Å². The van der Waals surface area contributed by atoms with Gasteiger partial charge in [-0.2, -0.15) is 0 Å². The molecule has 154 valence electrons. The van der Waals surface area contributed by atoms with Gasteiger partial charge in [-0.05, 0) is 51.5 Å². The van der Waals surface area contributed by atoms with Crippen LogP contribution in [0.5, 0.6) is 11.5 Å². The van der Waals surface area contributed by atoms with E-state index in [1.807, 2.05) is 33.8 Å². The molecule has 0 saturated carbocycles. The molecule has 0 saturated heterocycles. The SMILES string of the molecule is CC1(C)Cc2cc(Cl)cc(C(=O)O)c2O1.CC1(C)Cc2cccc(C(=O)O)c2O1. The maximum absolute atomic E-state index is 11.0. The molecule has 4 rings (SSSR count). The maximum atomic E-state index is 11.0. The van der Waals surface area contributed by atoms with Gasteiger partial charge in [0.1, 0.15) is 33.8 Å². The molecule has 0 aromatic heterocycles. The molecule has 0 atom stereocenters. The van der Waals surface area contributed by atoms with Crippen molar-refractivity contribution in [2.45, 2.75) is 51.7 Å². The van der Waals surface area contributed by atoms with E-state index in [0.29, 0.717) is 22.9 Å². The minimum atomic E-state index is -1.01. The number of ether oxygens (including phenoxy) is 2. The lowest BCUT2D eigenvalue weighted by atomic mass is 10.0. The summed E-state index contributed by atoms with van der Waals surface area (Å²) >= 11 is 5.85. The minimum absolute atomic E-state index is 0.142. The molecule has 0 spiro atoms. The Morgan fingerprint density at radius 2 is 1.38 bits per heavy atom. The van der Waals surface area contributed by atoms with Gasteiger partial charge in [-0.1, -0.05) is 23.7 Å². The quantitative estimate of drug-likeness (QED) is 0.724. The van der Waals surface area contributed by atoms with Gasteiger partial charge in [-0.15, -0.1) is 0 Å². The Morgan fingerprint density at radius 3 is 1.93 bits per heavy atom. The van der Waals surface area contributed by atoms with E-state index in [2.05, 4.69) is 0 Å². The van der Waals surface area contributed by atoms with E-state index in [1.165, 1.54) is 6.07 Å². The van der Waals surface area contributed by atoms with Gasteiger partial charge in [-0.3, -0.25) is 0 Å². The monoisotopic (exact) mass is 418 g/mol. The van der Waals surface area contributed by atoms with Gasteiger partial charge in [-0.25, -0.2) is 9.59 Å². The number of carbonyl (C=O) groups is 2. The smallest absolute Gasteiger partial charge is 0.339 e. The van der Waals surface area contributed by atoms with Gasteiger partial charge in [0.25, 0.3) is 0 Å². The molecule has 0 radical (unpaired) electrons. The Morgan fingerprint density at radius 1 is 0.862 bits per heavy atom. The maximum Gasteiger partial charge on any atom is 0.339 e. The summed E-state index contributed by atoms with van der Waals surface area (Å²) in [7, 11) is 0. The highest BCUT2D eigenvalue weighted by Gasteiger charge is 2.34. The summed E-state index contributed by atoms with van der Waals surface area (Å²) < 4.78 is 11.2. The van der Waals surface area contributed by atoms with Crippen LogP contribution in [0.1, 0.15) is 59.5 Å². The van der Waals surface area contributed by atoms with Gasteiger partial charge in [0.15, 0.2) is 0 Å². The average Bonchev–Trinajstić information content (AvgIpc) is 3.06. The summed E-state index contributed by atoms with van der Waals surface area (Å²) in [6, 6.07) is 8.42. The lowest BCUT2D eigenvalue weighted by molar-refractivity contribution is 0.0673. The average molecular weight is 419 g/mol. The number of halogens is 1. The zero-order chi connectivity index (χ0) is 21.6. The van der Waals surface area contributed by atoms with Gasteiger partial charge in [0.05, 0.1) is 0 Å². The number of hydrogen-bond acceptors (Lipinski definition) is 4. The highest BCUT2D eigenvalue weighted by molar-refractivity contribution is 6.31. The van der Waals surface area contributed by atoms with Crippen LogP contribution in [0, 0.1) is 0 Å². The zero-order valence-corrected chi connectivity index (χ0v) is 17.5. The molecule has 2 heterocycles. The number of hydrogen-bond donors (Lipinski definition) is 2. The minimum Gasteiger partial charge on any atom is -0.486 e. The van der Waals surface area contributed by atoms with E-state index < -0.39 is 11.9 Å². The third-order valence-electron chi connectivity index (χ3n) is 4.68. The summed E-state index contributed by atoms with van der Waals surface area (Å²) in [5.41, 5.74) is 1.61. The van der Waals surface area contributed by atoms with Crippen molar-refractivity contribution in [1.29, 1.82) is 0 Å². The highest BCUT2D eigenvalue weighted by Crippen LogP contribution is 2.39. The van der Waals surface area contributed by atoms with Crippen molar-refractivity contribution < 1.29 is 29.3 Å². The predicted octanol–water partition coefficient (Wildman–Crippen LogP) is 4.85. The molecule has 0 amide bonds. The molecule has 7 heteroatoms. The van der Waals surface area contributed by atoms with E-state index in [4.69, 9.17) is 31.3 Å². The fourth-order valence-corrected chi connectivity index (χ4v) is 3.86. The Bertz CT molecular complexity index is 993. The van der Waals surface area contributed by atoms with E-state index in [-0.39, 0.29) is 22.3 Å². The predicted molar refractivity (Wildman–Crippen MR) is 109 cm³/mol. The Kier molecular flexibility index (Phi) is 5.26. The van der Waals surface area contributed by atoms with Crippen LogP contribution in [0.2, 0.25) is 5.02 Å². The van der Waals surface area contributed by atoms with Crippen molar-refractivity contribution in [3.63, 3.8) is 0 Å². The molecule has 2 aromatic carbocycles. The molecule has 0 bridgehead atoms. The number of aromatic carboxylic acids is 2. The molecule has 0 aliphatic carbocycles. The van der Waals surface area contributed by atoms with Crippen molar-refractivity contribution in [1.82, 2.24) is 0 Å². The molecule has 2 aromatic rings. The van der Waals surface area contributed by atoms with Crippen molar-refractivity contribution in [2.75, 3.05) is 0 Å². The van der Waals surface area contributed by atoms with Crippen LogP contribution >= 0.6 is 11.6 Å². The van der Waals surface area contributed by atoms with Crippen LogP contribution in [-0.4, -0.2) is 33.4 Å². The molecule has 2 N–H and O–H groups in total. The lowest BCUT2D eigenvalue weighted by Gasteiger charge is -2.17. The second kappa shape index (κ2) is 7.26. The molecule has 29 heavy (non-hydrogen) atoms. The number of para-hydroxylation sites is 1. The van der Waals surface area contributed by atoms with Gasteiger partial charge >= 0.3 is 11.9 Å². The van der Waals surface area contributed by atoms with E-state index in [9.17, 15) is 9.59 Å². The third kappa shape index (κ3) is 4.48. The number of benzene rings is 2. The number of fused-ring (bicyclic) bond motifs is 2. The molecule has 0 unspecified atom stereocenters. The molecule has 2 aliphatic heterocycles. The van der Waals surface area contributed by atoms with Gasteiger partial charge in [0, 0.05) is 23.4 Å². The van der Waals surface area contributed by atoms with Crippen molar-refractivity contribution in [2.24, 2.45) is 0 Å². The Labute approximate surface area is 174 Å². The van der Waals surface area contributed by atoms with Crippen LogP contribution in [0.3, 0.4) is 0 Å². The van der Waals surface area contributed by atoms with Crippen molar-refractivity contribution in [3.05, 3.63) is 57.6 Å². The van der Waals surface area contributed by atoms with Gasteiger partial charge in [0.2, 0.25) is 0 Å². The molecular weight excluding hydrogens is 396 g/mol. The molecule has 2 aliphatic rings. The van der Waals surface area contributed by atoms with Crippen molar-refractivity contribution >= 4 is 23.5 Å². The summed E-state index contributed by atoms with van der Waals surface area (Å²) in [5.74, 6) is -0.951. The van der Waals surface area contributed by atoms with Crippen LogP contribution in [0.25, 0.3) is 0 Å². The highest BCUT2D eigenvalue weighted by atomic mass is 35.5. The van der Waals surface area contributed by atoms with Gasteiger partial charge < -0.3 is 19.7 Å². The summed E-state index contributed by atoms with van der Waals surface area (Å²) in [6.45, 7) is 7.76. The first-order chi connectivity index (χ1) is 13.4. The first kappa shape index (κ1) is 21.0.